The molecule has 2 N–H and O–H groups in total. The number of aromatic nitrogens is 1. The van der Waals surface area contributed by atoms with Gasteiger partial charge in [-0.25, -0.2) is 4.98 Å². The van der Waals surface area contributed by atoms with Gasteiger partial charge in [0.2, 0.25) is 0 Å². The third-order valence-electron chi connectivity index (χ3n) is 2.06. The summed E-state index contributed by atoms with van der Waals surface area (Å²) in [5, 5.41) is 0. The highest BCUT2D eigenvalue weighted by Gasteiger charge is 2.17. The molecule has 1 aromatic rings. The number of nitrogens with zero attached hydrogens (tertiary/aromatic N) is 1. The van der Waals surface area contributed by atoms with Gasteiger partial charge >= 0.3 is 0 Å². The molecule has 0 atom stereocenters. The van der Waals surface area contributed by atoms with Crippen LogP contribution >= 0.6 is 15.9 Å². The molecule has 0 amide bonds. The molecule has 0 bridgehead atoms. The Morgan fingerprint density at radius 2 is 2.23 bits per heavy atom. The molecule has 1 rings (SSSR count). The Kier molecular flexibility index (Phi) is 3.45. The van der Waals surface area contributed by atoms with Crippen LogP contribution in [0.1, 0.15) is 19.4 Å². The van der Waals surface area contributed by atoms with Crippen LogP contribution in [0.25, 0.3) is 0 Å². The summed E-state index contributed by atoms with van der Waals surface area (Å²) in [7, 11) is 0. The van der Waals surface area contributed by atoms with Crippen LogP contribution in [0.4, 0.5) is 0 Å². The van der Waals surface area contributed by atoms with Gasteiger partial charge in [-0.2, -0.15) is 0 Å². The fourth-order valence-electron chi connectivity index (χ4n) is 1.14. The smallest absolute Gasteiger partial charge is 0.109 e. The first kappa shape index (κ1) is 10.7. The van der Waals surface area contributed by atoms with Gasteiger partial charge in [-0.15, -0.1) is 0 Å². The van der Waals surface area contributed by atoms with E-state index in [1.807, 2.05) is 6.07 Å². The van der Waals surface area contributed by atoms with Crippen molar-refractivity contribution in [2.24, 2.45) is 11.1 Å². The molecular formula is C10H15BrN2. The van der Waals surface area contributed by atoms with Crippen LogP contribution in [0.15, 0.2) is 22.9 Å². The molecule has 0 aliphatic rings. The van der Waals surface area contributed by atoms with E-state index in [2.05, 4.69) is 40.8 Å². The highest BCUT2D eigenvalue weighted by atomic mass is 79.9. The van der Waals surface area contributed by atoms with E-state index < -0.39 is 0 Å². The van der Waals surface area contributed by atoms with E-state index in [4.69, 9.17) is 5.73 Å². The maximum Gasteiger partial charge on any atom is 0.109 e. The van der Waals surface area contributed by atoms with Crippen molar-refractivity contribution in [3.8, 4) is 0 Å². The molecule has 0 unspecified atom stereocenters. The van der Waals surface area contributed by atoms with Gasteiger partial charge in [0.1, 0.15) is 4.60 Å². The molecule has 0 radical (unpaired) electrons. The molecule has 0 saturated heterocycles. The van der Waals surface area contributed by atoms with Crippen LogP contribution in [-0.4, -0.2) is 11.5 Å². The summed E-state index contributed by atoms with van der Waals surface area (Å²) in [6.07, 6.45) is 2.74. The van der Waals surface area contributed by atoms with Crippen molar-refractivity contribution in [3.63, 3.8) is 0 Å². The van der Waals surface area contributed by atoms with Crippen LogP contribution in [0.2, 0.25) is 0 Å². The molecule has 13 heavy (non-hydrogen) atoms. The molecule has 0 saturated carbocycles. The lowest BCUT2D eigenvalue weighted by atomic mass is 9.86. The SMILES string of the molecule is CC(C)(CN)Cc1cccnc1Br. The van der Waals surface area contributed by atoms with Crippen LogP contribution in [-0.2, 0) is 6.42 Å². The molecule has 0 spiro atoms. The summed E-state index contributed by atoms with van der Waals surface area (Å²) in [4.78, 5) is 4.17. The fraction of sp³-hybridized carbons (Fsp3) is 0.500. The van der Waals surface area contributed by atoms with Crippen molar-refractivity contribution < 1.29 is 0 Å². The molecule has 1 aromatic heterocycles. The normalized spacial score (nSPS) is 11.7. The minimum Gasteiger partial charge on any atom is -0.330 e. The van der Waals surface area contributed by atoms with E-state index in [0.717, 1.165) is 11.0 Å². The lowest BCUT2D eigenvalue weighted by Crippen LogP contribution is -2.26. The Morgan fingerprint density at radius 3 is 2.77 bits per heavy atom. The van der Waals surface area contributed by atoms with E-state index in [-0.39, 0.29) is 5.41 Å². The van der Waals surface area contributed by atoms with Crippen LogP contribution in [0.5, 0.6) is 0 Å². The Morgan fingerprint density at radius 1 is 1.54 bits per heavy atom. The average Bonchev–Trinajstić information content (AvgIpc) is 2.09. The minimum absolute atomic E-state index is 0.144. The maximum absolute atomic E-state index is 5.67. The van der Waals surface area contributed by atoms with E-state index in [9.17, 15) is 0 Å². The molecule has 0 aliphatic heterocycles. The molecule has 3 heteroatoms. The van der Waals surface area contributed by atoms with E-state index in [1.165, 1.54) is 5.56 Å². The predicted octanol–water partition coefficient (Wildman–Crippen LogP) is 2.37. The van der Waals surface area contributed by atoms with E-state index in [1.54, 1.807) is 6.20 Å². The number of rotatable bonds is 3. The Hall–Kier alpha value is -0.410. The summed E-state index contributed by atoms with van der Waals surface area (Å²) in [5.41, 5.74) is 7.03. The monoisotopic (exact) mass is 242 g/mol. The van der Waals surface area contributed by atoms with Crippen LogP contribution in [0, 0.1) is 5.41 Å². The third-order valence-corrected chi connectivity index (χ3v) is 2.77. The number of hydrogen-bond acceptors (Lipinski definition) is 2. The number of halogens is 1. The predicted molar refractivity (Wildman–Crippen MR) is 58.5 cm³/mol. The van der Waals surface area contributed by atoms with Crippen LogP contribution in [0.3, 0.4) is 0 Å². The van der Waals surface area contributed by atoms with Gasteiger partial charge in [-0.1, -0.05) is 19.9 Å². The molecule has 0 fully saturated rings. The van der Waals surface area contributed by atoms with Gasteiger partial charge < -0.3 is 5.73 Å². The second-order valence-corrected chi connectivity index (χ2v) is 4.75. The zero-order valence-electron chi connectivity index (χ0n) is 8.05. The largest absolute Gasteiger partial charge is 0.330 e. The summed E-state index contributed by atoms with van der Waals surface area (Å²) in [6, 6.07) is 4.03. The second kappa shape index (κ2) is 4.20. The third kappa shape index (κ3) is 3.08. The van der Waals surface area contributed by atoms with Crippen molar-refractivity contribution in [1.82, 2.24) is 4.98 Å². The standard InChI is InChI=1S/C10H15BrN2/c1-10(2,7-12)6-8-4-3-5-13-9(8)11/h3-5H,6-7,12H2,1-2H3. The van der Waals surface area contributed by atoms with Gasteiger partial charge in [0.25, 0.3) is 0 Å². The Bertz CT molecular complexity index is 284. The van der Waals surface area contributed by atoms with Crippen molar-refractivity contribution in [2.75, 3.05) is 6.54 Å². The number of pyridine rings is 1. The van der Waals surface area contributed by atoms with Crippen molar-refractivity contribution in [3.05, 3.63) is 28.5 Å². The maximum atomic E-state index is 5.67. The van der Waals surface area contributed by atoms with Gasteiger partial charge in [0.05, 0.1) is 0 Å². The molecule has 72 valence electrons. The topological polar surface area (TPSA) is 38.9 Å². The van der Waals surface area contributed by atoms with Gasteiger partial charge in [-0.05, 0) is 45.9 Å². The van der Waals surface area contributed by atoms with E-state index in [0.29, 0.717) is 6.54 Å². The number of hydrogen-bond donors (Lipinski definition) is 1. The zero-order chi connectivity index (χ0) is 9.90. The number of nitrogens with two attached hydrogens (primary N) is 1. The summed E-state index contributed by atoms with van der Waals surface area (Å²) >= 11 is 3.43. The first-order valence-electron chi connectivity index (χ1n) is 4.35. The average molecular weight is 243 g/mol. The molecule has 0 aromatic carbocycles. The Labute approximate surface area is 87.7 Å². The van der Waals surface area contributed by atoms with Crippen molar-refractivity contribution in [2.45, 2.75) is 20.3 Å². The summed E-state index contributed by atoms with van der Waals surface area (Å²) in [5.74, 6) is 0. The molecular weight excluding hydrogens is 228 g/mol. The highest BCUT2D eigenvalue weighted by Crippen LogP contribution is 2.23. The van der Waals surface area contributed by atoms with Crippen LogP contribution < -0.4 is 5.73 Å². The lowest BCUT2D eigenvalue weighted by molar-refractivity contribution is 0.375. The molecule has 2 nitrogen and oxygen atoms in total. The quantitative estimate of drug-likeness (QED) is 0.828. The molecule has 0 aliphatic carbocycles. The first-order chi connectivity index (χ1) is 6.05. The second-order valence-electron chi connectivity index (χ2n) is 4.00. The van der Waals surface area contributed by atoms with Gasteiger partial charge in [0, 0.05) is 6.20 Å². The van der Waals surface area contributed by atoms with Gasteiger partial charge in [0.15, 0.2) is 0 Å². The summed E-state index contributed by atoms with van der Waals surface area (Å²) < 4.78 is 0.927. The van der Waals surface area contributed by atoms with Crippen molar-refractivity contribution in [1.29, 1.82) is 0 Å². The van der Waals surface area contributed by atoms with Crippen molar-refractivity contribution >= 4 is 15.9 Å². The minimum atomic E-state index is 0.144. The lowest BCUT2D eigenvalue weighted by Gasteiger charge is -2.22. The summed E-state index contributed by atoms with van der Waals surface area (Å²) in [6.45, 7) is 5.01. The first-order valence-corrected chi connectivity index (χ1v) is 5.14. The van der Waals surface area contributed by atoms with E-state index >= 15 is 0 Å². The zero-order valence-corrected chi connectivity index (χ0v) is 9.63. The highest BCUT2D eigenvalue weighted by molar-refractivity contribution is 9.10. The van der Waals surface area contributed by atoms with Gasteiger partial charge in [-0.3, -0.25) is 0 Å². The fourth-order valence-corrected chi connectivity index (χ4v) is 1.53. The molecule has 1 heterocycles. The Balaban J connectivity index is 2.80.